The van der Waals surface area contributed by atoms with Crippen LogP contribution in [-0.2, 0) is 9.84 Å². The molecule has 1 heterocycles. The van der Waals surface area contributed by atoms with Gasteiger partial charge in [0.2, 0.25) is 0 Å². The monoisotopic (exact) mass is 291 g/mol. The molecule has 1 aliphatic heterocycles. The Morgan fingerprint density at radius 2 is 1.84 bits per heavy atom. The minimum Gasteiger partial charge on any atom is -0.311 e. The predicted molar refractivity (Wildman–Crippen MR) is 80.3 cm³/mol. The number of likely N-dealkylation sites (tertiary alicyclic amines) is 1. The van der Waals surface area contributed by atoms with E-state index in [1.165, 1.54) is 6.26 Å². The summed E-state index contributed by atoms with van der Waals surface area (Å²) in [6, 6.07) is 0.00600. The van der Waals surface area contributed by atoms with Crippen molar-refractivity contribution >= 4 is 9.84 Å². The van der Waals surface area contributed by atoms with Gasteiger partial charge >= 0.3 is 0 Å². The van der Waals surface area contributed by atoms with Crippen molar-refractivity contribution in [3.8, 4) is 0 Å². The number of piperidine rings is 1. The van der Waals surface area contributed by atoms with Crippen molar-refractivity contribution in [3.05, 3.63) is 0 Å². The highest BCUT2D eigenvalue weighted by Gasteiger charge is 2.35. The predicted octanol–water partition coefficient (Wildman–Crippen LogP) is 0.0351. The fraction of sp³-hybridized carbons (Fsp3) is 1.00. The van der Waals surface area contributed by atoms with Crippen molar-refractivity contribution in [1.29, 1.82) is 0 Å². The first-order valence-electron chi connectivity index (χ1n) is 6.92. The normalized spacial score (nSPS) is 22.6. The van der Waals surface area contributed by atoms with Gasteiger partial charge in [-0.25, -0.2) is 8.42 Å². The van der Waals surface area contributed by atoms with Crippen LogP contribution in [0.4, 0.5) is 0 Å². The summed E-state index contributed by atoms with van der Waals surface area (Å²) in [7, 11) is 3.48. The Morgan fingerprint density at radius 1 is 1.32 bits per heavy atom. The number of sulfone groups is 1. The molecule has 1 saturated heterocycles. The summed E-state index contributed by atoms with van der Waals surface area (Å²) in [4.78, 5) is 4.64. The van der Waals surface area contributed by atoms with Crippen LogP contribution in [0, 0.1) is 0 Å². The molecule has 0 aliphatic carbocycles. The van der Waals surface area contributed by atoms with Crippen molar-refractivity contribution in [2.24, 2.45) is 0 Å². The number of nitrogens with one attached hydrogen (secondary N) is 1. The quantitative estimate of drug-likeness (QED) is 0.748. The van der Waals surface area contributed by atoms with E-state index in [1.807, 2.05) is 6.92 Å². The molecule has 1 atom stereocenters. The van der Waals surface area contributed by atoms with Crippen molar-refractivity contribution in [2.75, 3.05) is 52.8 Å². The smallest absolute Gasteiger partial charge is 0.148 e. The molecule has 0 radical (unpaired) electrons. The Kier molecular flexibility index (Phi) is 5.79. The van der Waals surface area contributed by atoms with Gasteiger partial charge in [0.05, 0.1) is 5.75 Å². The Labute approximate surface area is 118 Å². The van der Waals surface area contributed by atoms with E-state index in [2.05, 4.69) is 36.3 Å². The van der Waals surface area contributed by atoms with Gasteiger partial charge in [0.1, 0.15) is 9.84 Å². The Balaban J connectivity index is 2.56. The lowest BCUT2D eigenvalue weighted by Crippen LogP contribution is -2.58. The molecule has 19 heavy (non-hydrogen) atoms. The molecule has 1 aliphatic rings. The second-order valence-corrected chi connectivity index (χ2v) is 8.48. The maximum absolute atomic E-state index is 11.3. The molecule has 1 unspecified atom stereocenters. The van der Waals surface area contributed by atoms with E-state index in [9.17, 15) is 8.42 Å². The highest BCUT2D eigenvalue weighted by molar-refractivity contribution is 7.90. The van der Waals surface area contributed by atoms with Gasteiger partial charge < -0.3 is 15.1 Å². The number of nitrogens with zero attached hydrogens (tertiary/aromatic N) is 2. The topological polar surface area (TPSA) is 52.7 Å². The van der Waals surface area contributed by atoms with Gasteiger partial charge in [-0.2, -0.15) is 0 Å². The van der Waals surface area contributed by atoms with Gasteiger partial charge in [-0.1, -0.05) is 0 Å². The summed E-state index contributed by atoms with van der Waals surface area (Å²) >= 11 is 0. The van der Waals surface area contributed by atoms with Gasteiger partial charge in [0.15, 0.2) is 0 Å². The molecular formula is C13H29N3O2S. The van der Waals surface area contributed by atoms with Crippen LogP contribution in [0.25, 0.3) is 0 Å². The standard InChI is InChI=1S/C13H29N3O2S/c1-12(10-19(5,17)18)14-11-13(15(2)3)6-8-16(4)9-7-13/h12,14H,6-11H2,1-5H3. The molecule has 1 rings (SSSR count). The van der Waals surface area contributed by atoms with Crippen molar-refractivity contribution < 1.29 is 8.42 Å². The minimum absolute atomic E-state index is 0.00600. The fourth-order valence-electron chi connectivity index (χ4n) is 2.69. The summed E-state index contributed by atoms with van der Waals surface area (Å²) in [6.07, 6.45) is 3.53. The first-order chi connectivity index (χ1) is 8.65. The lowest BCUT2D eigenvalue weighted by atomic mass is 9.86. The van der Waals surface area contributed by atoms with E-state index < -0.39 is 9.84 Å². The second-order valence-electron chi connectivity index (χ2n) is 6.30. The molecule has 1 fully saturated rings. The van der Waals surface area contributed by atoms with E-state index in [4.69, 9.17) is 0 Å². The van der Waals surface area contributed by atoms with Gasteiger partial charge in [0, 0.05) is 24.4 Å². The second kappa shape index (κ2) is 6.52. The minimum atomic E-state index is -2.91. The van der Waals surface area contributed by atoms with E-state index in [1.54, 1.807) is 0 Å². The molecule has 0 spiro atoms. The Hall–Kier alpha value is -0.170. The molecule has 5 nitrogen and oxygen atoms in total. The molecule has 0 aromatic heterocycles. The lowest BCUT2D eigenvalue weighted by Gasteiger charge is -2.46. The third-order valence-electron chi connectivity index (χ3n) is 4.20. The first kappa shape index (κ1) is 16.9. The van der Waals surface area contributed by atoms with E-state index in [-0.39, 0.29) is 17.3 Å². The van der Waals surface area contributed by atoms with Crippen LogP contribution >= 0.6 is 0 Å². The molecular weight excluding hydrogens is 262 g/mol. The third-order valence-corrected chi connectivity index (χ3v) is 5.30. The first-order valence-corrected chi connectivity index (χ1v) is 8.98. The van der Waals surface area contributed by atoms with Crippen LogP contribution in [0.2, 0.25) is 0 Å². The maximum atomic E-state index is 11.3. The zero-order valence-corrected chi connectivity index (χ0v) is 13.8. The van der Waals surface area contributed by atoms with Gasteiger partial charge in [-0.05, 0) is 54.0 Å². The van der Waals surface area contributed by atoms with E-state index >= 15 is 0 Å². The molecule has 114 valence electrons. The molecule has 1 N–H and O–H groups in total. The molecule has 6 heteroatoms. The van der Waals surface area contributed by atoms with Gasteiger partial charge in [0.25, 0.3) is 0 Å². The number of rotatable bonds is 6. The molecule has 0 aromatic carbocycles. The molecule has 0 bridgehead atoms. The summed E-state index contributed by atoms with van der Waals surface area (Å²) in [5.74, 6) is 0.205. The van der Waals surface area contributed by atoms with Crippen molar-refractivity contribution in [3.63, 3.8) is 0 Å². The van der Waals surface area contributed by atoms with Crippen LogP contribution in [0.5, 0.6) is 0 Å². The molecule has 0 amide bonds. The van der Waals surface area contributed by atoms with Crippen LogP contribution in [0.1, 0.15) is 19.8 Å². The lowest BCUT2D eigenvalue weighted by molar-refractivity contribution is 0.0644. The highest BCUT2D eigenvalue weighted by atomic mass is 32.2. The van der Waals surface area contributed by atoms with E-state index in [0.717, 1.165) is 32.5 Å². The zero-order valence-electron chi connectivity index (χ0n) is 12.9. The van der Waals surface area contributed by atoms with Crippen LogP contribution in [0.3, 0.4) is 0 Å². The number of likely N-dealkylation sites (N-methyl/N-ethyl adjacent to an activating group) is 1. The third kappa shape index (κ3) is 5.38. The SMILES string of the molecule is CC(CS(C)(=O)=O)NCC1(N(C)C)CCN(C)CC1. The van der Waals surface area contributed by atoms with Crippen LogP contribution in [0.15, 0.2) is 0 Å². The van der Waals surface area contributed by atoms with Crippen molar-refractivity contribution in [2.45, 2.75) is 31.3 Å². The maximum Gasteiger partial charge on any atom is 0.148 e. The van der Waals surface area contributed by atoms with Crippen LogP contribution < -0.4 is 5.32 Å². The summed E-state index contributed by atoms with van der Waals surface area (Å²) in [5.41, 5.74) is 0.151. The Bertz CT molecular complexity index is 373. The van der Waals surface area contributed by atoms with Crippen LogP contribution in [-0.4, -0.2) is 82.6 Å². The summed E-state index contributed by atoms with van der Waals surface area (Å²) in [6.45, 7) is 4.99. The Morgan fingerprint density at radius 3 is 2.26 bits per heavy atom. The number of hydrogen-bond donors (Lipinski definition) is 1. The van der Waals surface area contributed by atoms with E-state index in [0.29, 0.717) is 0 Å². The zero-order chi connectivity index (χ0) is 14.7. The summed E-state index contributed by atoms with van der Waals surface area (Å²) < 4.78 is 22.6. The average molecular weight is 291 g/mol. The van der Waals surface area contributed by atoms with Crippen molar-refractivity contribution in [1.82, 2.24) is 15.1 Å². The van der Waals surface area contributed by atoms with Gasteiger partial charge in [-0.15, -0.1) is 0 Å². The average Bonchev–Trinajstić information content (AvgIpc) is 2.26. The molecule has 0 saturated carbocycles. The number of hydrogen-bond acceptors (Lipinski definition) is 5. The highest BCUT2D eigenvalue weighted by Crippen LogP contribution is 2.26. The molecule has 0 aromatic rings. The van der Waals surface area contributed by atoms with Gasteiger partial charge in [-0.3, -0.25) is 0 Å². The fourth-order valence-corrected chi connectivity index (χ4v) is 3.72. The summed E-state index contributed by atoms with van der Waals surface area (Å²) in [5, 5.41) is 3.41. The largest absolute Gasteiger partial charge is 0.311 e.